The Labute approximate surface area is 122 Å². The number of anilines is 1. The van der Waals surface area contributed by atoms with Gasteiger partial charge in [0.1, 0.15) is 0 Å². The van der Waals surface area contributed by atoms with Crippen molar-refractivity contribution in [3.63, 3.8) is 0 Å². The first-order valence-corrected chi connectivity index (χ1v) is 7.12. The molecular formula is C18H24N2. The lowest BCUT2D eigenvalue weighted by molar-refractivity contribution is 0.574. The Kier molecular flexibility index (Phi) is 4.80. The number of nitrogens with zero attached hydrogens (tertiary/aromatic N) is 1. The second-order valence-electron chi connectivity index (χ2n) is 5.58. The van der Waals surface area contributed by atoms with Gasteiger partial charge in [0, 0.05) is 32.4 Å². The molecule has 0 saturated heterocycles. The number of hydrogen-bond donors (Lipinski definition) is 1. The van der Waals surface area contributed by atoms with Crippen LogP contribution in [0.25, 0.3) is 0 Å². The van der Waals surface area contributed by atoms with Crippen molar-refractivity contribution in [2.24, 2.45) is 0 Å². The van der Waals surface area contributed by atoms with Gasteiger partial charge in [0.15, 0.2) is 0 Å². The molecule has 2 nitrogen and oxygen atoms in total. The van der Waals surface area contributed by atoms with Crippen LogP contribution in [-0.4, -0.2) is 14.1 Å². The summed E-state index contributed by atoms with van der Waals surface area (Å²) in [6.45, 7) is 5.24. The van der Waals surface area contributed by atoms with Crippen molar-refractivity contribution in [2.45, 2.75) is 26.4 Å². The summed E-state index contributed by atoms with van der Waals surface area (Å²) in [5, 5.41) is 3.58. The maximum absolute atomic E-state index is 3.58. The topological polar surface area (TPSA) is 15.3 Å². The SMILES string of the molecule is Cc1cccc(CNC(C)c2ccc(N(C)C)cc2)c1. The average molecular weight is 268 g/mol. The third-order valence-corrected chi connectivity index (χ3v) is 3.60. The molecule has 0 fully saturated rings. The van der Waals surface area contributed by atoms with Crippen LogP contribution in [0.4, 0.5) is 5.69 Å². The highest BCUT2D eigenvalue weighted by Gasteiger charge is 2.05. The summed E-state index contributed by atoms with van der Waals surface area (Å²) in [5.41, 5.74) is 5.21. The Balaban J connectivity index is 1.96. The van der Waals surface area contributed by atoms with Crippen LogP contribution < -0.4 is 10.2 Å². The molecule has 0 heterocycles. The second kappa shape index (κ2) is 6.58. The average Bonchev–Trinajstić information content (AvgIpc) is 2.45. The summed E-state index contributed by atoms with van der Waals surface area (Å²) in [7, 11) is 4.13. The molecule has 0 aromatic heterocycles. The van der Waals surface area contributed by atoms with Crippen LogP contribution >= 0.6 is 0 Å². The van der Waals surface area contributed by atoms with Crippen LogP contribution in [0.5, 0.6) is 0 Å². The number of hydrogen-bond acceptors (Lipinski definition) is 2. The van der Waals surface area contributed by atoms with E-state index in [0.717, 1.165) is 6.54 Å². The first-order valence-electron chi connectivity index (χ1n) is 7.12. The monoisotopic (exact) mass is 268 g/mol. The highest BCUT2D eigenvalue weighted by atomic mass is 15.1. The number of benzene rings is 2. The highest BCUT2D eigenvalue weighted by Crippen LogP contribution is 2.18. The minimum absolute atomic E-state index is 0.353. The predicted molar refractivity (Wildman–Crippen MR) is 87.2 cm³/mol. The molecule has 1 atom stereocenters. The minimum Gasteiger partial charge on any atom is -0.378 e. The van der Waals surface area contributed by atoms with Crippen molar-refractivity contribution in [3.8, 4) is 0 Å². The predicted octanol–water partition coefficient (Wildman–Crippen LogP) is 3.91. The Morgan fingerprint density at radius 2 is 1.75 bits per heavy atom. The molecule has 0 bridgehead atoms. The van der Waals surface area contributed by atoms with Gasteiger partial charge in [-0.15, -0.1) is 0 Å². The standard InChI is InChI=1S/C18H24N2/c1-14-6-5-7-16(12-14)13-19-15(2)17-8-10-18(11-9-17)20(3)4/h5-12,15,19H,13H2,1-4H3. The quantitative estimate of drug-likeness (QED) is 0.884. The van der Waals surface area contributed by atoms with E-state index in [1.807, 2.05) is 0 Å². The van der Waals surface area contributed by atoms with Crippen LogP contribution in [-0.2, 0) is 6.54 Å². The Morgan fingerprint density at radius 1 is 1.05 bits per heavy atom. The van der Waals surface area contributed by atoms with Gasteiger partial charge in [-0.25, -0.2) is 0 Å². The Morgan fingerprint density at radius 3 is 2.35 bits per heavy atom. The molecule has 2 aromatic rings. The molecule has 20 heavy (non-hydrogen) atoms. The summed E-state index contributed by atoms with van der Waals surface area (Å²) in [6.07, 6.45) is 0. The fourth-order valence-corrected chi connectivity index (χ4v) is 2.27. The second-order valence-corrected chi connectivity index (χ2v) is 5.58. The van der Waals surface area contributed by atoms with Gasteiger partial charge in [-0.3, -0.25) is 0 Å². The lowest BCUT2D eigenvalue weighted by Crippen LogP contribution is -2.18. The molecule has 2 rings (SSSR count). The van der Waals surface area contributed by atoms with Crippen LogP contribution in [0, 0.1) is 6.92 Å². The third-order valence-electron chi connectivity index (χ3n) is 3.60. The molecule has 2 aromatic carbocycles. The zero-order chi connectivity index (χ0) is 14.5. The first-order chi connectivity index (χ1) is 9.56. The van der Waals surface area contributed by atoms with Crippen molar-refractivity contribution < 1.29 is 0 Å². The van der Waals surface area contributed by atoms with Crippen LogP contribution in [0.3, 0.4) is 0 Å². The molecule has 0 saturated carbocycles. The molecule has 1 N–H and O–H groups in total. The fourth-order valence-electron chi connectivity index (χ4n) is 2.27. The first kappa shape index (κ1) is 14.6. The molecule has 1 unspecified atom stereocenters. The van der Waals surface area contributed by atoms with Gasteiger partial charge < -0.3 is 10.2 Å². The Bertz CT molecular complexity index is 544. The number of rotatable bonds is 5. The maximum atomic E-state index is 3.58. The van der Waals surface area contributed by atoms with Crippen molar-refractivity contribution in [2.75, 3.05) is 19.0 Å². The summed E-state index contributed by atoms with van der Waals surface area (Å²) >= 11 is 0. The van der Waals surface area contributed by atoms with Gasteiger partial charge in [-0.05, 0) is 37.1 Å². The highest BCUT2D eigenvalue weighted by molar-refractivity contribution is 5.46. The molecule has 0 spiro atoms. The summed E-state index contributed by atoms with van der Waals surface area (Å²) in [6, 6.07) is 17.7. The molecule has 2 heteroatoms. The summed E-state index contributed by atoms with van der Waals surface area (Å²) < 4.78 is 0. The van der Waals surface area contributed by atoms with E-state index in [-0.39, 0.29) is 0 Å². The van der Waals surface area contributed by atoms with Gasteiger partial charge in [0.25, 0.3) is 0 Å². The molecule has 0 radical (unpaired) electrons. The normalized spacial score (nSPS) is 12.2. The van der Waals surface area contributed by atoms with Gasteiger partial charge in [-0.2, -0.15) is 0 Å². The fraction of sp³-hybridized carbons (Fsp3) is 0.333. The third kappa shape index (κ3) is 3.84. The van der Waals surface area contributed by atoms with Crippen LogP contribution in [0.15, 0.2) is 48.5 Å². The molecular weight excluding hydrogens is 244 g/mol. The van der Waals surface area contributed by atoms with E-state index < -0.39 is 0 Å². The Hall–Kier alpha value is -1.80. The van der Waals surface area contributed by atoms with E-state index in [4.69, 9.17) is 0 Å². The van der Waals surface area contributed by atoms with Gasteiger partial charge in [0.2, 0.25) is 0 Å². The largest absolute Gasteiger partial charge is 0.378 e. The molecule has 106 valence electrons. The number of aryl methyl sites for hydroxylation is 1. The van der Waals surface area contributed by atoms with Gasteiger partial charge in [-0.1, -0.05) is 42.0 Å². The maximum Gasteiger partial charge on any atom is 0.0361 e. The zero-order valence-electron chi connectivity index (χ0n) is 12.9. The van der Waals surface area contributed by atoms with E-state index in [1.54, 1.807) is 0 Å². The summed E-state index contributed by atoms with van der Waals surface area (Å²) in [5.74, 6) is 0. The lowest BCUT2D eigenvalue weighted by Gasteiger charge is -2.17. The van der Waals surface area contributed by atoms with E-state index in [2.05, 4.69) is 86.7 Å². The van der Waals surface area contributed by atoms with E-state index in [1.165, 1.54) is 22.4 Å². The number of nitrogens with one attached hydrogen (secondary N) is 1. The van der Waals surface area contributed by atoms with Crippen molar-refractivity contribution in [3.05, 3.63) is 65.2 Å². The van der Waals surface area contributed by atoms with Crippen molar-refractivity contribution in [1.82, 2.24) is 5.32 Å². The van der Waals surface area contributed by atoms with Crippen LogP contribution in [0.1, 0.15) is 29.7 Å². The summed E-state index contributed by atoms with van der Waals surface area (Å²) in [4.78, 5) is 2.12. The molecule has 0 aliphatic rings. The molecule has 0 aliphatic heterocycles. The van der Waals surface area contributed by atoms with E-state index in [0.29, 0.717) is 6.04 Å². The van der Waals surface area contributed by atoms with E-state index >= 15 is 0 Å². The van der Waals surface area contributed by atoms with Gasteiger partial charge in [0.05, 0.1) is 0 Å². The van der Waals surface area contributed by atoms with Crippen LogP contribution in [0.2, 0.25) is 0 Å². The van der Waals surface area contributed by atoms with Gasteiger partial charge >= 0.3 is 0 Å². The zero-order valence-corrected chi connectivity index (χ0v) is 12.9. The minimum atomic E-state index is 0.353. The lowest BCUT2D eigenvalue weighted by atomic mass is 10.1. The smallest absolute Gasteiger partial charge is 0.0361 e. The molecule has 0 aliphatic carbocycles. The van der Waals surface area contributed by atoms with Crippen molar-refractivity contribution in [1.29, 1.82) is 0 Å². The van der Waals surface area contributed by atoms with Crippen molar-refractivity contribution >= 4 is 5.69 Å². The van der Waals surface area contributed by atoms with E-state index in [9.17, 15) is 0 Å². The molecule has 0 amide bonds.